The van der Waals surface area contributed by atoms with Crippen molar-refractivity contribution in [2.45, 2.75) is 53.4 Å². The Hall–Kier alpha value is -1.24. The van der Waals surface area contributed by atoms with E-state index >= 15 is 0 Å². The predicted molar refractivity (Wildman–Crippen MR) is 85.8 cm³/mol. The van der Waals surface area contributed by atoms with Crippen LogP contribution in [-0.4, -0.2) is 11.4 Å². The molecule has 0 saturated carbocycles. The predicted octanol–water partition coefficient (Wildman–Crippen LogP) is 5.44. The van der Waals surface area contributed by atoms with Crippen LogP contribution in [0.15, 0.2) is 47.9 Å². The summed E-state index contributed by atoms with van der Waals surface area (Å²) in [6, 6.07) is 0. The van der Waals surface area contributed by atoms with Crippen molar-refractivity contribution >= 4 is 0 Å². The molecule has 0 bridgehead atoms. The van der Waals surface area contributed by atoms with Crippen LogP contribution in [0.3, 0.4) is 0 Å². The van der Waals surface area contributed by atoms with Crippen LogP contribution in [0.1, 0.15) is 53.4 Å². The second kappa shape index (κ2) is 8.04. The Balaban J connectivity index is 0.000000861. The first-order valence-electron chi connectivity index (χ1n) is 7.75. The van der Waals surface area contributed by atoms with Gasteiger partial charge in [-0.25, -0.2) is 0 Å². The molecule has 2 rings (SSSR count). The van der Waals surface area contributed by atoms with Gasteiger partial charge in [-0.05, 0) is 42.9 Å². The fourth-order valence-corrected chi connectivity index (χ4v) is 2.71. The molecule has 1 aliphatic heterocycles. The van der Waals surface area contributed by atoms with Gasteiger partial charge in [0.05, 0.1) is 0 Å². The van der Waals surface area contributed by atoms with Crippen molar-refractivity contribution in [2.24, 2.45) is 5.92 Å². The quantitative estimate of drug-likeness (QED) is 0.650. The number of hydrogen-bond acceptors (Lipinski definition) is 1. The second-order valence-corrected chi connectivity index (χ2v) is 5.03. The minimum Gasteiger partial charge on any atom is -0.354 e. The van der Waals surface area contributed by atoms with Crippen LogP contribution in [0.25, 0.3) is 0 Å². The van der Waals surface area contributed by atoms with E-state index in [0.717, 1.165) is 6.54 Å². The van der Waals surface area contributed by atoms with Gasteiger partial charge >= 0.3 is 0 Å². The van der Waals surface area contributed by atoms with E-state index in [0.29, 0.717) is 5.92 Å². The molecule has 0 saturated heterocycles. The van der Waals surface area contributed by atoms with Gasteiger partial charge in [0.2, 0.25) is 0 Å². The largest absolute Gasteiger partial charge is 0.354 e. The Kier molecular flexibility index (Phi) is 6.69. The van der Waals surface area contributed by atoms with Crippen LogP contribution >= 0.6 is 0 Å². The first kappa shape index (κ1) is 15.8. The van der Waals surface area contributed by atoms with Crippen molar-refractivity contribution in [1.29, 1.82) is 0 Å². The van der Waals surface area contributed by atoms with E-state index in [2.05, 4.69) is 43.8 Å². The van der Waals surface area contributed by atoms with Gasteiger partial charge in [-0.3, -0.25) is 0 Å². The van der Waals surface area contributed by atoms with Crippen LogP contribution in [0, 0.1) is 5.92 Å². The molecule has 0 N–H and O–H groups in total. The normalized spacial score (nSPS) is 21.4. The standard InChI is InChI=1S/C16H23N.C2H6/c1-4-6-10-17-11-14(5-2)15-9-7-8-13(3)16(15)12-17;1-2/h5,8,11-12,15H,2,4,6-7,9-10H2,1,3H3;1-2H3. The van der Waals surface area contributed by atoms with Crippen molar-refractivity contribution in [1.82, 2.24) is 4.90 Å². The summed E-state index contributed by atoms with van der Waals surface area (Å²) in [7, 11) is 0. The van der Waals surface area contributed by atoms with E-state index in [4.69, 9.17) is 0 Å². The van der Waals surface area contributed by atoms with Gasteiger partial charge in [-0.1, -0.05) is 45.9 Å². The average Bonchev–Trinajstić information content (AvgIpc) is 2.47. The molecule has 106 valence electrons. The third kappa shape index (κ3) is 3.86. The first-order valence-corrected chi connectivity index (χ1v) is 7.75. The molecular weight excluding hydrogens is 230 g/mol. The molecule has 19 heavy (non-hydrogen) atoms. The molecule has 1 heteroatoms. The maximum Gasteiger partial charge on any atom is 0.0219 e. The van der Waals surface area contributed by atoms with E-state index in [1.807, 2.05) is 19.9 Å². The number of allylic oxidation sites excluding steroid dienone is 5. The van der Waals surface area contributed by atoms with Gasteiger partial charge in [0.1, 0.15) is 0 Å². The zero-order chi connectivity index (χ0) is 14.3. The van der Waals surface area contributed by atoms with Crippen molar-refractivity contribution in [3.8, 4) is 0 Å². The highest BCUT2D eigenvalue weighted by atomic mass is 15.1. The Morgan fingerprint density at radius 3 is 2.74 bits per heavy atom. The van der Waals surface area contributed by atoms with E-state index in [9.17, 15) is 0 Å². The molecule has 0 spiro atoms. The summed E-state index contributed by atoms with van der Waals surface area (Å²) < 4.78 is 0. The van der Waals surface area contributed by atoms with Crippen molar-refractivity contribution in [2.75, 3.05) is 6.54 Å². The summed E-state index contributed by atoms with van der Waals surface area (Å²) in [6.45, 7) is 13.6. The Bertz CT molecular complexity index is 384. The monoisotopic (exact) mass is 259 g/mol. The van der Waals surface area contributed by atoms with Crippen molar-refractivity contribution < 1.29 is 0 Å². The maximum atomic E-state index is 3.97. The Morgan fingerprint density at radius 1 is 1.37 bits per heavy atom. The topological polar surface area (TPSA) is 3.24 Å². The Labute approximate surface area is 119 Å². The molecule has 0 fully saturated rings. The third-order valence-corrected chi connectivity index (χ3v) is 3.76. The molecule has 0 amide bonds. The van der Waals surface area contributed by atoms with Crippen LogP contribution in [0.4, 0.5) is 0 Å². The van der Waals surface area contributed by atoms with Gasteiger partial charge in [-0.2, -0.15) is 0 Å². The summed E-state index contributed by atoms with van der Waals surface area (Å²) in [5.41, 5.74) is 4.35. The lowest BCUT2D eigenvalue weighted by molar-refractivity contribution is 0.448. The maximum absolute atomic E-state index is 3.97. The molecule has 2 aliphatic rings. The molecule has 0 aromatic carbocycles. The lowest BCUT2D eigenvalue weighted by Crippen LogP contribution is -2.24. The zero-order valence-electron chi connectivity index (χ0n) is 13.1. The highest BCUT2D eigenvalue weighted by molar-refractivity contribution is 5.44. The summed E-state index contributed by atoms with van der Waals surface area (Å²) in [5.74, 6) is 0.593. The van der Waals surface area contributed by atoms with Crippen LogP contribution in [0.2, 0.25) is 0 Å². The molecule has 1 atom stereocenters. The number of hydrogen-bond donors (Lipinski definition) is 0. The molecule has 1 aliphatic carbocycles. The molecule has 1 nitrogen and oxygen atoms in total. The van der Waals surface area contributed by atoms with E-state index in [-0.39, 0.29) is 0 Å². The zero-order valence-corrected chi connectivity index (χ0v) is 13.1. The fraction of sp³-hybridized carbons (Fsp3) is 0.556. The second-order valence-electron chi connectivity index (χ2n) is 5.03. The summed E-state index contributed by atoms with van der Waals surface area (Å²) >= 11 is 0. The lowest BCUT2D eigenvalue weighted by atomic mass is 9.79. The van der Waals surface area contributed by atoms with E-state index in [1.54, 1.807) is 0 Å². The number of unbranched alkanes of at least 4 members (excludes halogenated alkanes) is 1. The molecule has 1 unspecified atom stereocenters. The lowest BCUT2D eigenvalue weighted by Gasteiger charge is -2.33. The van der Waals surface area contributed by atoms with Crippen LogP contribution in [-0.2, 0) is 0 Å². The van der Waals surface area contributed by atoms with E-state index in [1.165, 1.54) is 42.4 Å². The molecule has 0 aromatic heterocycles. The SMILES string of the molecule is C=CC1=CN(CCCC)C=C2C(C)=CCCC12.CC. The van der Waals surface area contributed by atoms with Crippen LogP contribution < -0.4 is 0 Å². The third-order valence-electron chi connectivity index (χ3n) is 3.76. The molecule has 0 aromatic rings. The van der Waals surface area contributed by atoms with E-state index < -0.39 is 0 Å². The van der Waals surface area contributed by atoms with Gasteiger partial charge in [0.25, 0.3) is 0 Å². The molecular formula is C18H29N. The van der Waals surface area contributed by atoms with Gasteiger partial charge in [0, 0.05) is 24.9 Å². The van der Waals surface area contributed by atoms with Gasteiger partial charge < -0.3 is 4.90 Å². The van der Waals surface area contributed by atoms with Gasteiger partial charge in [-0.15, -0.1) is 0 Å². The average molecular weight is 259 g/mol. The van der Waals surface area contributed by atoms with Crippen molar-refractivity contribution in [3.63, 3.8) is 0 Å². The van der Waals surface area contributed by atoms with Gasteiger partial charge in [0.15, 0.2) is 0 Å². The number of rotatable bonds is 4. The molecule has 0 radical (unpaired) electrons. The summed E-state index contributed by atoms with van der Waals surface area (Å²) in [4.78, 5) is 2.34. The minimum absolute atomic E-state index is 0.593. The number of nitrogens with zero attached hydrogens (tertiary/aromatic N) is 1. The summed E-state index contributed by atoms with van der Waals surface area (Å²) in [6.07, 6.45) is 14.0. The molecule has 1 heterocycles. The minimum atomic E-state index is 0.593. The fourth-order valence-electron chi connectivity index (χ4n) is 2.71. The number of fused-ring (bicyclic) bond motifs is 1. The Morgan fingerprint density at radius 2 is 2.11 bits per heavy atom. The smallest absolute Gasteiger partial charge is 0.0219 e. The van der Waals surface area contributed by atoms with Crippen LogP contribution in [0.5, 0.6) is 0 Å². The highest BCUT2D eigenvalue weighted by Crippen LogP contribution is 2.38. The highest BCUT2D eigenvalue weighted by Gasteiger charge is 2.25. The van der Waals surface area contributed by atoms with Crippen molar-refractivity contribution in [3.05, 3.63) is 47.9 Å². The first-order chi connectivity index (χ1) is 9.26. The summed E-state index contributed by atoms with van der Waals surface area (Å²) in [5, 5.41) is 0.